The van der Waals surface area contributed by atoms with Crippen molar-refractivity contribution in [3.8, 4) is 0 Å². The molecule has 0 unspecified atom stereocenters. The van der Waals surface area contributed by atoms with Crippen LogP contribution < -0.4 is 5.43 Å². The fraction of sp³-hybridized carbons (Fsp3) is 0.0625. The number of nitrogens with one attached hydrogen (secondary N) is 1. The molecule has 1 amide bonds. The summed E-state index contributed by atoms with van der Waals surface area (Å²) in [6.45, 7) is 0. The largest absolute Gasteiger partial charge is 0.465 e. The molecule has 0 aliphatic rings. The van der Waals surface area contributed by atoms with Gasteiger partial charge in [0.25, 0.3) is 5.91 Å². The number of ether oxygens (including phenoxy) is 1. The van der Waals surface area contributed by atoms with Crippen molar-refractivity contribution < 1.29 is 14.3 Å². The third-order valence-corrected chi connectivity index (χ3v) is 3.24. The molecule has 0 fully saturated rings. The Balaban J connectivity index is 1.81. The minimum Gasteiger partial charge on any atom is -0.465 e. The van der Waals surface area contributed by atoms with Crippen molar-refractivity contribution in [3.63, 3.8) is 0 Å². The maximum Gasteiger partial charge on any atom is 0.337 e. The van der Waals surface area contributed by atoms with Gasteiger partial charge >= 0.3 is 5.97 Å². The second-order valence-corrected chi connectivity index (χ2v) is 4.61. The number of benzene rings is 2. The number of para-hydroxylation sites is 2. The van der Waals surface area contributed by atoms with E-state index >= 15 is 0 Å². The molecule has 1 N–H and O–H groups in total. The Labute approximate surface area is 126 Å². The SMILES string of the molecule is COC(=O)c1ccc(C(=O)Nn2cnc3ccccc32)cc1. The zero-order chi connectivity index (χ0) is 15.5. The van der Waals surface area contributed by atoms with Crippen molar-refractivity contribution in [3.05, 3.63) is 66.0 Å². The lowest BCUT2D eigenvalue weighted by Gasteiger charge is -2.07. The Bertz CT molecular complexity index is 837. The maximum atomic E-state index is 12.2. The highest BCUT2D eigenvalue weighted by Crippen LogP contribution is 2.11. The van der Waals surface area contributed by atoms with E-state index in [1.54, 1.807) is 35.3 Å². The number of imidazole rings is 1. The summed E-state index contributed by atoms with van der Waals surface area (Å²) in [6, 6.07) is 13.7. The lowest BCUT2D eigenvalue weighted by atomic mass is 10.1. The molecule has 110 valence electrons. The number of esters is 1. The van der Waals surface area contributed by atoms with E-state index in [2.05, 4.69) is 15.1 Å². The van der Waals surface area contributed by atoms with E-state index in [-0.39, 0.29) is 5.91 Å². The number of aromatic nitrogens is 2. The van der Waals surface area contributed by atoms with Crippen LogP contribution in [0.25, 0.3) is 11.0 Å². The monoisotopic (exact) mass is 295 g/mol. The fourth-order valence-corrected chi connectivity index (χ4v) is 2.10. The number of fused-ring (bicyclic) bond motifs is 1. The Morgan fingerprint density at radius 1 is 1.05 bits per heavy atom. The highest BCUT2D eigenvalue weighted by Gasteiger charge is 2.10. The van der Waals surface area contributed by atoms with Gasteiger partial charge in [-0.2, -0.15) is 0 Å². The standard InChI is InChI=1S/C16H13N3O3/c1-22-16(21)12-8-6-11(7-9-12)15(20)18-19-10-17-13-4-2-3-5-14(13)19/h2-10H,1H3,(H,18,20). The highest BCUT2D eigenvalue weighted by molar-refractivity contribution is 6.01. The van der Waals surface area contributed by atoms with E-state index in [1.165, 1.54) is 7.11 Å². The first kappa shape index (κ1) is 13.8. The van der Waals surface area contributed by atoms with Crippen molar-refractivity contribution >= 4 is 22.9 Å². The van der Waals surface area contributed by atoms with Gasteiger partial charge in [-0.1, -0.05) is 12.1 Å². The molecule has 2 aromatic carbocycles. The topological polar surface area (TPSA) is 73.2 Å². The summed E-state index contributed by atoms with van der Waals surface area (Å²) in [5, 5.41) is 0. The summed E-state index contributed by atoms with van der Waals surface area (Å²) in [4.78, 5) is 27.8. The maximum absolute atomic E-state index is 12.2. The van der Waals surface area contributed by atoms with Crippen LogP contribution in [0.15, 0.2) is 54.9 Å². The molecular formula is C16H13N3O3. The van der Waals surface area contributed by atoms with Crippen LogP contribution in [0.4, 0.5) is 0 Å². The molecule has 6 nitrogen and oxygen atoms in total. The summed E-state index contributed by atoms with van der Waals surface area (Å²) >= 11 is 0. The first-order valence-corrected chi connectivity index (χ1v) is 6.61. The van der Waals surface area contributed by atoms with Gasteiger partial charge in [0.05, 0.1) is 23.7 Å². The zero-order valence-corrected chi connectivity index (χ0v) is 11.8. The van der Waals surface area contributed by atoms with Gasteiger partial charge in [-0.3, -0.25) is 10.2 Å². The van der Waals surface area contributed by atoms with Crippen molar-refractivity contribution in [2.45, 2.75) is 0 Å². The van der Waals surface area contributed by atoms with E-state index in [0.29, 0.717) is 11.1 Å². The molecular weight excluding hydrogens is 282 g/mol. The number of nitrogens with zero attached hydrogens (tertiary/aromatic N) is 2. The Kier molecular flexibility index (Phi) is 3.57. The van der Waals surface area contributed by atoms with Crippen LogP contribution in [0.1, 0.15) is 20.7 Å². The molecule has 1 heterocycles. The molecule has 3 aromatic rings. The second-order valence-electron chi connectivity index (χ2n) is 4.61. The number of hydrogen-bond acceptors (Lipinski definition) is 4. The molecule has 0 saturated carbocycles. The third kappa shape index (κ3) is 2.54. The molecule has 0 atom stereocenters. The minimum atomic E-state index is -0.437. The zero-order valence-electron chi connectivity index (χ0n) is 11.8. The van der Waals surface area contributed by atoms with Crippen molar-refractivity contribution in [1.29, 1.82) is 0 Å². The van der Waals surface area contributed by atoms with Gasteiger partial charge < -0.3 is 4.74 Å². The summed E-state index contributed by atoms with van der Waals surface area (Å²) in [5.41, 5.74) is 5.18. The third-order valence-electron chi connectivity index (χ3n) is 3.24. The molecule has 0 bridgehead atoms. The number of methoxy groups -OCH3 is 1. The minimum absolute atomic E-state index is 0.292. The molecule has 0 saturated heterocycles. The number of amides is 1. The Morgan fingerprint density at radius 3 is 2.45 bits per heavy atom. The van der Waals surface area contributed by atoms with Crippen LogP contribution in [0, 0.1) is 0 Å². The van der Waals surface area contributed by atoms with Gasteiger partial charge in [0.15, 0.2) is 0 Å². The first-order chi connectivity index (χ1) is 10.7. The van der Waals surface area contributed by atoms with Crippen LogP contribution in [-0.2, 0) is 4.74 Å². The van der Waals surface area contributed by atoms with Crippen LogP contribution in [-0.4, -0.2) is 28.6 Å². The fourth-order valence-electron chi connectivity index (χ4n) is 2.10. The van der Waals surface area contributed by atoms with E-state index < -0.39 is 5.97 Å². The average molecular weight is 295 g/mol. The smallest absolute Gasteiger partial charge is 0.337 e. The van der Waals surface area contributed by atoms with Gasteiger partial charge in [0, 0.05) is 5.56 Å². The average Bonchev–Trinajstić information content (AvgIpc) is 2.97. The van der Waals surface area contributed by atoms with Gasteiger partial charge in [-0.05, 0) is 36.4 Å². The van der Waals surface area contributed by atoms with E-state index in [4.69, 9.17) is 0 Å². The van der Waals surface area contributed by atoms with Crippen molar-refractivity contribution in [2.75, 3.05) is 12.5 Å². The molecule has 0 aliphatic carbocycles. The van der Waals surface area contributed by atoms with Crippen molar-refractivity contribution in [1.82, 2.24) is 9.66 Å². The Morgan fingerprint density at radius 2 is 1.73 bits per heavy atom. The van der Waals surface area contributed by atoms with Gasteiger partial charge in [-0.25, -0.2) is 14.5 Å². The van der Waals surface area contributed by atoms with E-state index in [1.807, 2.05) is 24.3 Å². The van der Waals surface area contributed by atoms with E-state index in [0.717, 1.165) is 11.0 Å². The van der Waals surface area contributed by atoms with E-state index in [9.17, 15) is 9.59 Å². The molecule has 6 heteroatoms. The second kappa shape index (κ2) is 5.69. The molecule has 0 spiro atoms. The van der Waals surface area contributed by atoms with Crippen LogP contribution in [0.5, 0.6) is 0 Å². The lowest BCUT2D eigenvalue weighted by Crippen LogP contribution is -2.22. The lowest BCUT2D eigenvalue weighted by molar-refractivity contribution is 0.0600. The molecule has 22 heavy (non-hydrogen) atoms. The van der Waals surface area contributed by atoms with Crippen LogP contribution in [0.3, 0.4) is 0 Å². The van der Waals surface area contributed by atoms with Gasteiger partial charge in [0.2, 0.25) is 0 Å². The first-order valence-electron chi connectivity index (χ1n) is 6.61. The normalized spacial score (nSPS) is 10.4. The number of rotatable bonds is 3. The quantitative estimate of drug-likeness (QED) is 0.752. The molecule has 0 radical (unpaired) electrons. The van der Waals surface area contributed by atoms with Gasteiger partial charge in [-0.15, -0.1) is 0 Å². The number of carbonyl (C=O) groups excluding carboxylic acids is 2. The summed E-state index contributed by atoms with van der Waals surface area (Å²) < 4.78 is 6.18. The predicted octanol–water partition coefficient (Wildman–Crippen LogP) is 2.21. The summed E-state index contributed by atoms with van der Waals surface area (Å²) in [7, 11) is 1.31. The molecule has 0 aliphatic heterocycles. The Hall–Kier alpha value is -3.15. The molecule has 1 aromatic heterocycles. The number of hydrogen-bond donors (Lipinski definition) is 1. The van der Waals surface area contributed by atoms with Crippen LogP contribution >= 0.6 is 0 Å². The van der Waals surface area contributed by atoms with Crippen LogP contribution in [0.2, 0.25) is 0 Å². The predicted molar refractivity (Wildman–Crippen MR) is 81.2 cm³/mol. The highest BCUT2D eigenvalue weighted by atomic mass is 16.5. The summed E-state index contributed by atoms with van der Waals surface area (Å²) in [6.07, 6.45) is 1.55. The summed E-state index contributed by atoms with van der Waals surface area (Å²) in [5.74, 6) is -0.730. The number of carbonyl (C=O) groups is 2. The van der Waals surface area contributed by atoms with Crippen molar-refractivity contribution in [2.24, 2.45) is 0 Å². The van der Waals surface area contributed by atoms with Gasteiger partial charge in [0.1, 0.15) is 6.33 Å². The molecule has 3 rings (SSSR count).